The van der Waals surface area contributed by atoms with E-state index in [4.69, 9.17) is 28.6 Å². The Morgan fingerprint density at radius 2 is 2.07 bits per heavy atom. The number of hydrogen-bond donors (Lipinski definition) is 2. The van der Waals surface area contributed by atoms with Gasteiger partial charge in [0.15, 0.2) is 5.11 Å². The second-order valence-electron chi connectivity index (χ2n) is 6.39. The van der Waals surface area contributed by atoms with E-state index in [1.807, 2.05) is 13.8 Å². The second kappa shape index (κ2) is 11.3. The lowest BCUT2D eigenvalue weighted by atomic mass is 10.1. The summed E-state index contributed by atoms with van der Waals surface area (Å²) < 4.78 is 6.67. The van der Waals surface area contributed by atoms with E-state index in [0.717, 1.165) is 6.42 Å². The highest BCUT2D eigenvalue weighted by molar-refractivity contribution is 7.80. The normalized spacial score (nSPS) is 10.6. The van der Waals surface area contributed by atoms with Gasteiger partial charge in [-0.25, -0.2) is 4.79 Å². The van der Waals surface area contributed by atoms with Crippen LogP contribution in [0.3, 0.4) is 0 Å². The van der Waals surface area contributed by atoms with Crippen molar-refractivity contribution in [2.75, 3.05) is 32.1 Å². The fourth-order valence-corrected chi connectivity index (χ4v) is 4.45. The summed E-state index contributed by atoms with van der Waals surface area (Å²) in [5.41, 5.74) is 0.915. The van der Waals surface area contributed by atoms with Crippen LogP contribution in [0.15, 0.2) is 12.4 Å². The number of rotatable bonds is 9. The maximum absolute atomic E-state index is 12.8. The van der Waals surface area contributed by atoms with Gasteiger partial charge in [-0.15, -0.1) is 11.3 Å². The fourth-order valence-electron chi connectivity index (χ4n) is 2.86. The lowest BCUT2D eigenvalue weighted by Crippen LogP contribution is -2.30. The van der Waals surface area contributed by atoms with Gasteiger partial charge in [-0.3, -0.25) is 9.48 Å². The Labute approximate surface area is 190 Å². The third-order valence-electron chi connectivity index (χ3n) is 4.46. The average molecular weight is 472 g/mol. The lowest BCUT2D eigenvalue weighted by molar-refractivity contribution is 0.0601. The molecule has 0 aliphatic carbocycles. The molecular formula is C19H26ClN5O3S2. The van der Waals surface area contributed by atoms with E-state index in [9.17, 15) is 9.59 Å². The molecule has 8 nitrogen and oxygen atoms in total. The monoisotopic (exact) mass is 471 g/mol. The van der Waals surface area contributed by atoms with Crippen molar-refractivity contribution in [1.82, 2.24) is 20.0 Å². The molecule has 0 aliphatic rings. The van der Waals surface area contributed by atoms with Crippen molar-refractivity contribution in [2.24, 2.45) is 0 Å². The van der Waals surface area contributed by atoms with Crippen LogP contribution >= 0.6 is 35.2 Å². The number of methoxy groups -OCH3 is 1. The topological polar surface area (TPSA) is 88.5 Å². The number of carbonyl (C=O) groups excluding carboxylic acids is 2. The van der Waals surface area contributed by atoms with Crippen LogP contribution in [0.5, 0.6) is 0 Å². The Bertz CT molecular complexity index is 908. The van der Waals surface area contributed by atoms with Gasteiger partial charge >= 0.3 is 5.97 Å². The summed E-state index contributed by atoms with van der Waals surface area (Å²) >= 11 is 12.4. The number of thiophene rings is 1. The van der Waals surface area contributed by atoms with Crippen LogP contribution in [0, 0.1) is 6.92 Å². The number of halogens is 1. The first-order valence-corrected chi connectivity index (χ1v) is 11.2. The van der Waals surface area contributed by atoms with Crippen LogP contribution in [-0.4, -0.2) is 58.4 Å². The molecule has 0 spiro atoms. The van der Waals surface area contributed by atoms with Gasteiger partial charge in [0.25, 0.3) is 5.91 Å². The second-order valence-corrected chi connectivity index (χ2v) is 8.25. The number of thiocarbonyl (C=S) groups is 1. The molecule has 0 bridgehead atoms. The van der Waals surface area contributed by atoms with Crippen molar-refractivity contribution in [3.63, 3.8) is 0 Å². The van der Waals surface area contributed by atoms with Gasteiger partial charge in [0.05, 0.1) is 28.8 Å². The van der Waals surface area contributed by atoms with Crippen LogP contribution in [0.1, 0.15) is 45.9 Å². The SMILES string of the molecule is CCN(CC)C(=O)c1sc(NC(=S)NCCCn2cc(Cl)cn2)c(C(=O)OC)c1C. The zero-order valence-electron chi connectivity index (χ0n) is 17.5. The zero-order valence-corrected chi connectivity index (χ0v) is 19.8. The van der Waals surface area contributed by atoms with Gasteiger partial charge in [0.2, 0.25) is 0 Å². The molecule has 2 rings (SSSR count). The standard InChI is InChI=1S/C19H26ClN5O3S2/c1-5-24(6-2)17(26)15-12(3)14(18(27)28-4)16(30-15)23-19(29)21-8-7-9-25-11-13(20)10-22-25/h10-11H,5-9H2,1-4H3,(H2,21,23,29). The lowest BCUT2D eigenvalue weighted by Gasteiger charge is -2.17. The molecule has 0 saturated carbocycles. The third kappa shape index (κ3) is 5.93. The minimum absolute atomic E-state index is 0.113. The minimum Gasteiger partial charge on any atom is -0.465 e. The molecule has 0 radical (unpaired) electrons. The van der Waals surface area contributed by atoms with Crippen molar-refractivity contribution >= 4 is 57.1 Å². The molecule has 11 heteroatoms. The number of esters is 1. The van der Waals surface area contributed by atoms with Crippen molar-refractivity contribution in [3.05, 3.63) is 33.4 Å². The largest absolute Gasteiger partial charge is 0.465 e. The van der Waals surface area contributed by atoms with E-state index in [1.54, 1.807) is 28.9 Å². The molecule has 0 atom stereocenters. The van der Waals surface area contributed by atoms with Crippen molar-refractivity contribution < 1.29 is 14.3 Å². The Balaban J connectivity index is 2.07. The molecular weight excluding hydrogens is 446 g/mol. The number of nitrogens with one attached hydrogen (secondary N) is 2. The molecule has 2 aromatic heterocycles. The van der Waals surface area contributed by atoms with Crippen molar-refractivity contribution in [2.45, 2.75) is 33.7 Å². The van der Waals surface area contributed by atoms with Crippen LogP contribution in [0.4, 0.5) is 5.00 Å². The summed E-state index contributed by atoms with van der Waals surface area (Å²) in [4.78, 5) is 27.4. The highest BCUT2D eigenvalue weighted by Crippen LogP contribution is 2.34. The molecule has 2 N–H and O–H groups in total. The van der Waals surface area contributed by atoms with E-state index in [2.05, 4.69) is 15.7 Å². The summed E-state index contributed by atoms with van der Waals surface area (Å²) in [6, 6.07) is 0. The Hall–Kier alpha value is -2.17. The van der Waals surface area contributed by atoms with Gasteiger partial charge in [0, 0.05) is 32.4 Å². The first-order chi connectivity index (χ1) is 14.3. The predicted octanol–water partition coefficient (Wildman–Crippen LogP) is 3.55. The van der Waals surface area contributed by atoms with Crippen LogP contribution < -0.4 is 10.6 Å². The summed E-state index contributed by atoms with van der Waals surface area (Å²) in [6.45, 7) is 8.05. The highest BCUT2D eigenvalue weighted by Gasteiger charge is 2.27. The predicted molar refractivity (Wildman–Crippen MR) is 124 cm³/mol. The maximum atomic E-state index is 12.8. The third-order valence-corrected chi connectivity index (χ3v) is 6.10. The Morgan fingerprint density at radius 1 is 1.37 bits per heavy atom. The number of carbonyl (C=O) groups is 2. The number of nitrogens with zero attached hydrogens (tertiary/aromatic N) is 3. The molecule has 0 saturated heterocycles. The number of aromatic nitrogens is 2. The zero-order chi connectivity index (χ0) is 22.3. The van der Waals surface area contributed by atoms with Crippen molar-refractivity contribution in [3.8, 4) is 0 Å². The van der Waals surface area contributed by atoms with Gasteiger partial charge in [0.1, 0.15) is 5.00 Å². The Kier molecular flexibility index (Phi) is 9.07. The van der Waals surface area contributed by atoms with E-state index >= 15 is 0 Å². The van der Waals surface area contributed by atoms with Gasteiger partial charge in [-0.2, -0.15) is 5.10 Å². The number of ether oxygens (including phenoxy) is 1. The first-order valence-electron chi connectivity index (χ1n) is 9.56. The number of hydrogen-bond acceptors (Lipinski definition) is 6. The van der Waals surface area contributed by atoms with E-state index in [1.165, 1.54) is 18.4 Å². The molecule has 30 heavy (non-hydrogen) atoms. The minimum atomic E-state index is -0.511. The van der Waals surface area contributed by atoms with E-state index < -0.39 is 5.97 Å². The molecule has 0 aromatic carbocycles. The number of anilines is 1. The quantitative estimate of drug-likeness (QED) is 0.328. The number of aryl methyl sites for hydroxylation is 1. The van der Waals surface area contributed by atoms with Crippen LogP contribution in [0.2, 0.25) is 5.02 Å². The number of amides is 1. The molecule has 1 amide bonds. The van der Waals surface area contributed by atoms with E-state index in [-0.39, 0.29) is 5.91 Å². The highest BCUT2D eigenvalue weighted by atomic mass is 35.5. The van der Waals surface area contributed by atoms with Crippen LogP contribution in [0.25, 0.3) is 0 Å². The van der Waals surface area contributed by atoms with E-state index in [0.29, 0.717) is 57.3 Å². The summed E-state index contributed by atoms with van der Waals surface area (Å²) in [7, 11) is 1.31. The Morgan fingerprint density at radius 3 is 2.63 bits per heavy atom. The summed E-state index contributed by atoms with van der Waals surface area (Å²) in [5, 5.41) is 11.7. The maximum Gasteiger partial charge on any atom is 0.341 e. The molecule has 0 unspecified atom stereocenters. The van der Waals surface area contributed by atoms with Crippen molar-refractivity contribution in [1.29, 1.82) is 0 Å². The first kappa shape index (κ1) is 24.1. The van der Waals surface area contributed by atoms with Gasteiger partial charge in [-0.1, -0.05) is 11.6 Å². The van der Waals surface area contributed by atoms with Gasteiger partial charge in [-0.05, 0) is 45.0 Å². The molecule has 2 aromatic rings. The molecule has 0 aliphatic heterocycles. The molecule has 164 valence electrons. The summed E-state index contributed by atoms with van der Waals surface area (Å²) in [5.74, 6) is -0.624. The molecule has 2 heterocycles. The fraction of sp³-hybridized carbons (Fsp3) is 0.474. The molecule has 0 fully saturated rings. The van der Waals surface area contributed by atoms with Crippen LogP contribution in [-0.2, 0) is 11.3 Å². The van der Waals surface area contributed by atoms with Gasteiger partial charge < -0.3 is 20.3 Å². The summed E-state index contributed by atoms with van der Waals surface area (Å²) in [6.07, 6.45) is 4.12. The average Bonchev–Trinajstić information content (AvgIpc) is 3.28. The smallest absolute Gasteiger partial charge is 0.341 e.